The Bertz CT molecular complexity index is 1240. The van der Waals surface area contributed by atoms with Crippen molar-refractivity contribution in [3.8, 4) is 17.3 Å². The number of imidazole rings is 1. The molecule has 0 amide bonds. The van der Waals surface area contributed by atoms with E-state index in [2.05, 4.69) is 10.3 Å². The molecular weight excluding hydrogens is 390 g/mol. The second-order valence-electron chi connectivity index (χ2n) is 7.00. The molecule has 0 aliphatic heterocycles. The topological polar surface area (TPSA) is 131 Å². The lowest BCUT2D eigenvalue weighted by Gasteiger charge is -2.05. The van der Waals surface area contributed by atoms with Crippen LogP contribution in [0.15, 0.2) is 46.0 Å². The zero-order chi connectivity index (χ0) is 21.4. The molecule has 0 spiro atoms. The molecule has 0 atom stereocenters. The molecule has 10 heteroatoms. The summed E-state index contributed by atoms with van der Waals surface area (Å²) in [5.74, 6) is 0.388. The third-order valence-electron chi connectivity index (χ3n) is 5.00. The number of aromatic nitrogens is 5. The van der Waals surface area contributed by atoms with Gasteiger partial charge in [-0.05, 0) is 31.5 Å². The monoisotopic (exact) mass is 411 g/mol. The van der Waals surface area contributed by atoms with Gasteiger partial charge in [-0.2, -0.15) is 5.10 Å². The molecule has 0 radical (unpaired) electrons. The van der Waals surface area contributed by atoms with Gasteiger partial charge < -0.3 is 19.8 Å². The van der Waals surface area contributed by atoms with E-state index in [1.807, 2.05) is 13.8 Å². The SMILES string of the molecule is Cc1noc(C)c1Cn1cc(-n2c(O)c(CO)n(Cc3cccc(O)c3)c2=O)cn1. The zero-order valence-electron chi connectivity index (χ0n) is 16.5. The molecule has 156 valence electrons. The Morgan fingerprint density at radius 2 is 1.97 bits per heavy atom. The van der Waals surface area contributed by atoms with E-state index in [1.54, 1.807) is 23.0 Å². The zero-order valence-corrected chi connectivity index (χ0v) is 16.5. The molecule has 0 fully saturated rings. The predicted molar refractivity (Wildman–Crippen MR) is 106 cm³/mol. The molecule has 0 bridgehead atoms. The van der Waals surface area contributed by atoms with Crippen molar-refractivity contribution in [3.63, 3.8) is 0 Å². The standard InChI is InChI=1S/C20H21N5O5/c1-12-17(13(2)30-22-12)10-23-9-15(7-21-23)25-19(28)18(11-26)24(20(25)29)8-14-4-3-5-16(27)6-14/h3-7,9,26-28H,8,10-11H2,1-2H3. The van der Waals surface area contributed by atoms with Crippen LogP contribution in [0.3, 0.4) is 0 Å². The van der Waals surface area contributed by atoms with Gasteiger partial charge in [0.15, 0.2) is 0 Å². The Morgan fingerprint density at radius 1 is 1.17 bits per heavy atom. The number of nitrogens with zero attached hydrogens (tertiary/aromatic N) is 5. The fourth-order valence-electron chi connectivity index (χ4n) is 3.41. The van der Waals surface area contributed by atoms with Crippen LogP contribution < -0.4 is 5.69 Å². The minimum atomic E-state index is -0.531. The molecule has 0 saturated heterocycles. The fraction of sp³-hybridized carbons (Fsp3) is 0.250. The van der Waals surface area contributed by atoms with E-state index in [-0.39, 0.29) is 23.9 Å². The first-order valence-corrected chi connectivity index (χ1v) is 9.25. The van der Waals surface area contributed by atoms with E-state index in [1.165, 1.54) is 22.9 Å². The smallest absolute Gasteiger partial charge is 0.336 e. The molecular formula is C20H21N5O5. The van der Waals surface area contributed by atoms with Crippen molar-refractivity contribution in [3.05, 3.63) is 75.4 Å². The van der Waals surface area contributed by atoms with Crippen molar-refractivity contribution in [1.29, 1.82) is 0 Å². The highest BCUT2D eigenvalue weighted by Gasteiger charge is 2.21. The molecule has 3 heterocycles. The number of phenols is 1. The molecule has 0 aliphatic carbocycles. The largest absolute Gasteiger partial charge is 0.508 e. The van der Waals surface area contributed by atoms with Crippen molar-refractivity contribution >= 4 is 0 Å². The van der Waals surface area contributed by atoms with Crippen LogP contribution in [0, 0.1) is 13.8 Å². The molecule has 0 unspecified atom stereocenters. The summed E-state index contributed by atoms with van der Waals surface area (Å²) in [6.45, 7) is 3.59. The fourth-order valence-corrected chi connectivity index (χ4v) is 3.41. The van der Waals surface area contributed by atoms with E-state index >= 15 is 0 Å². The van der Waals surface area contributed by atoms with E-state index in [9.17, 15) is 20.1 Å². The lowest BCUT2D eigenvalue weighted by Crippen LogP contribution is -2.24. The minimum Gasteiger partial charge on any atom is -0.508 e. The summed E-state index contributed by atoms with van der Waals surface area (Å²) in [6, 6.07) is 6.44. The van der Waals surface area contributed by atoms with Gasteiger partial charge in [0, 0.05) is 11.8 Å². The van der Waals surface area contributed by atoms with E-state index in [4.69, 9.17) is 4.52 Å². The van der Waals surface area contributed by atoms with Crippen molar-refractivity contribution in [2.75, 3.05) is 0 Å². The molecule has 0 saturated carbocycles. The number of rotatable bonds is 6. The van der Waals surface area contributed by atoms with Crippen LogP contribution in [-0.2, 0) is 19.7 Å². The Labute approximate surface area is 170 Å². The normalized spacial score (nSPS) is 11.3. The molecule has 30 heavy (non-hydrogen) atoms. The van der Waals surface area contributed by atoms with Gasteiger partial charge in [0.1, 0.15) is 17.2 Å². The van der Waals surface area contributed by atoms with Crippen LogP contribution in [0.1, 0.15) is 28.3 Å². The Kier molecular flexibility index (Phi) is 4.92. The van der Waals surface area contributed by atoms with Crippen molar-refractivity contribution in [2.45, 2.75) is 33.5 Å². The van der Waals surface area contributed by atoms with Crippen molar-refractivity contribution < 1.29 is 19.8 Å². The highest BCUT2D eigenvalue weighted by Crippen LogP contribution is 2.22. The van der Waals surface area contributed by atoms with Crippen LogP contribution in [-0.4, -0.2) is 39.4 Å². The Hall–Kier alpha value is -3.79. The van der Waals surface area contributed by atoms with Gasteiger partial charge in [0.25, 0.3) is 0 Å². The van der Waals surface area contributed by atoms with E-state index in [0.29, 0.717) is 23.6 Å². The second kappa shape index (κ2) is 7.56. The summed E-state index contributed by atoms with van der Waals surface area (Å²) >= 11 is 0. The van der Waals surface area contributed by atoms with Gasteiger partial charge in [-0.25, -0.2) is 9.36 Å². The van der Waals surface area contributed by atoms with Crippen molar-refractivity contribution in [1.82, 2.24) is 24.1 Å². The van der Waals surface area contributed by atoms with Gasteiger partial charge in [-0.1, -0.05) is 17.3 Å². The number of aryl methyl sites for hydroxylation is 2. The molecule has 4 aromatic rings. The first-order valence-electron chi connectivity index (χ1n) is 9.25. The minimum absolute atomic E-state index is 0.0651. The number of hydrogen-bond donors (Lipinski definition) is 3. The molecule has 0 aliphatic rings. The van der Waals surface area contributed by atoms with E-state index < -0.39 is 12.3 Å². The first-order chi connectivity index (χ1) is 14.4. The van der Waals surface area contributed by atoms with Crippen LogP contribution >= 0.6 is 0 Å². The molecule has 1 aromatic carbocycles. The summed E-state index contributed by atoms with van der Waals surface area (Å²) in [6.07, 6.45) is 3.08. The highest BCUT2D eigenvalue weighted by molar-refractivity contribution is 5.36. The maximum absolute atomic E-state index is 13.0. The number of phenolic OH excluding ortho intramolecular Hbond substituents is 1. The van der Waals surface area contributed by atoms with Crippen LogP contribution in [0.4, 0.5) is 0 Å². The average Bonchev–Trinajstić information content (AvgIpc) is 3.35. The summed E-state index contributed by atoms with van der Waals surface area (Å²) in [5, 5.41) is 38.2. The first kappa shape index (κ1) is 19.5. The number of hydrogen-bond acceptors (Lipinski definition) is 7. The third kappa shape index (κ3) is 3.37. The van der Waals surface area contributed by atoms with Gasteiger partial charge in [0.05, 0.1) is 37.3 Å². The summed E-state index contributed by atoms with van der Waals surface area (Å²) < 4.78 is 9.12. The summed E-state index contributed by atoms with van der Waals surface area (Å²) in [4.78, 5) is 13.0. The van der Waals surface area contributed by atoms with Crippen molar-refractivity contribution in [2.24, 2.45) is 0 Å². The Morgan fingerprint density at radius 3 is 2.63 bits per heavy atom. The van der Waals surface area contributed by atoms with Crippen LogP contribution in [0.2, 0.25) is 0 Å². The molecule has 3 aromatic heterocycles. The molecule has 3 N–H and O–H groups in total. The maximum atomic E-state index is 13.0. The Balaban J connectivity index is 1.71. The number of benzene rings is 1. The van der Waals surface area contributed by atoms with E-state index in [0.717, 1.165) is 15.8 Å². The van der Waals surface area contributed by atoms with Gasteiger partial charge >= 0.3 is 5.69 Å². The quantitative estimate of drug-likeness (QED) is 0.437. The maximum Gasteiger partial charge on any atom is 0.336 e. The highest BCUT2D eigenvalue weighted by atomic mass is 16.5. The summed E-state index contributed by atoms with van der Waals surface area (Å²) in [7, 11) is 0. The van der Waals surface area contributed by atoms with Crippen LogP contribution in [0.5, 0.6) is 11.6 Å². The second-order valence-corrected chi connectivity index (χ2v) is 7.00. The number of aliphatic hydroxyl groups is 1. The summed E-state index contributed by atoms with van der Waals surface area (Å²) in [5.41, 5.74) is 2.19. The number of aliphatic hydroxyl groups excluding tert-OH is 1. The predicted octanol–water partition coefficient (Wildman–Crippen LogP) is 1.44. The third-order valence-corrected chi connectivity index (χ3v) is 5.00. The van der Waals surface area contributed by atoms with Gasteiger partial charge in [-0.3, -0.25) is 9.25 Å². The number of aromatic hydroxyl groups is 2. The van der Waals surface area contributed by atoms with Gasteiger partial charge in [0.2, 0.25) is 5.88 Å². The van der Waals surface area contributed by atoms with Crippen LogP contribution in [0.25, 0.3) is 5.69 Å². The van der Waals surface area contributed by atoms with Gasteiger partial charge in [-0.15, -0.1) is 0 Å². The molecule has 4 rings (SSSR count). The lowest BCUT2D eigenvalue weighted by molar-refractivity contribution is 0.263. The average molecular weight is 411 g/mol. The molecule has 10 nitrogen and oxygen atoms in total. The lowest BCUT2D eigenvalue weighted by atomic mass is 10.2.